The van der Waals surface area contributed by atoms with Crippen LogP contribution in [0.1, 0.15) is 61.6 Å². The first kappa shape index (κ1) is 24.9. The van der Waals surface area contributed by atoms with E-state index in [9.17, 15) is 9.59 Å². The van der Waals surface area contributed by atoms with Gasteiger partial charge in [-0.05, 0) is 62.2 Å². The summed E-state index contributed by atoms with van der Waals surface area (Å²) in [6.45, 7) is 14.4. The van der Waals surface area contributed by atoms with Gasteiger partial charge in [-0.1, -0.05) is 31.2 Å². The topological polar surface area (TPSA) is 55.9 Å². The highest BCUT2D eigenvalue weighted by atomic mass is 16.2. The van der Waals surface area contributed by atoms with Gasteiger partial charge in [0.05, 0.1) is 6.04 Å². The van der Waals surface area contributed by atoms with Crippen LogP contribution in [0.25, 0.3) is 0 Å². The summed E-state index contributed by atoms with van der Waals surface area (Å²) < 4.78 is 0. The van der Waals surface area contributed by atoms with Gasteiger partial charge in [0.2, 0.25) is 5.91 Å². The molecule has 0 bridgehead atoms. The molecule has 2 amide bonds. The van der Waals surface area contributed by atoms with E-state index in [-0.39, 0.29) is 17.9 Å². The van der Waals surface area contributed by atoms with Crippen LogP contribution in [0.15, 0.2) is 48.5 Å². The highest BCUT2D eigenvalue weighted by molar-refractivity contribution is 5.94. The Balaban J connectivity index is 1.91. The van der Waals surface area contributed by atoms with Crippen LogP contribution in [0.5, 0.6) is 0 Å². The Morgan fingerprint density at radius 3 is 2.18 bits per heavy atom. The van der Waals surface area contributed by atoms with Gasteiger partial charge < -0.3 is 15.1 Å². The summed E-state index contributed by atoms with van der Waals surface area (Å²) in [5.74, 6) is 0.0000771. The van der Waals surface area contributed by atoms with Crippen molar-refractivity contribution in [1.82, 2.24) is 14.7 Å². The van der Waals surface area contributed by atoms with Crippen LogP contribution < -0.4 is 5.32 Å². The molecule has 0 saturated carbocycles. The Morgan fingerprint density at radius 1 is 0.939 bits per heavy atom. The van der Waals surface area contributed by atoms with Gasteiger partial charge in [0.15, 0.2) is 0 Å². The van der Waals surface area contributed by atoms with E-state index < -0.39 is 0 Å². The van der Waals surface area contributed by atoms with Crippen LogP contribution in [-0.4, -0.2) is 72.3 Å². The molecule has 1 aliphatic heterocycles. The summed E-state index contributed by atoms with van der Waals surface area (Å²) in [5.41, 5.74) is 3.84. The highest BCUT2D eigenvalue weighted by Crippen LogP contribution is 2.31. The Labute approximate surface area is 198 Å². The van der Waals surface area contributed by atoms with Crippen LogP contribution in [0.3, 0.4) is 0 Å². The Hall–Kier alpha value is -2.70. The molecule has 1 atom stereocenters. The predicted molar refractivity (Wildman–Crippen MR) is 135 cm³/mol. The number of hydrogen-bond donors (Lipinski definition) is 1. The van der Waals surface area contributed by atoms with Crippen LogP contribution in [0.2, 0.25) is 0 Å². The molecule has 1 aliphatic rings. The SMILES string of the molecule is CCCN1CCN([C@H](c2ccc(C(=O)N(CC)CC)cc2)c2cccc(NC(C)=O)c2)CC1. The number of benzene rings is 2. The molecule has 33 heavy (non-hydrogen) atoms. The maximum absolute atomic E-state index is 12.8. The molecule has 0 radical (unpaired) electrons. The number of piperazine rings is 1. The first-order valence-corrected chi connectivity index (χ1v) is 12.2. The second-order valence-electron chi connectivity index (χ2n) is 8.69. The van der Waals surface area contributed by atoms with E-state index in [4.69, 9.17) is 0 Å². The number of carbonyl (C=O) groups excluding carboxylic acids is 2. The van der Waals surface area contributed by atoms with Gasteiger partial charge in [-0.2, -0.15) is 0 Å². The van der Waals surface area contributed by atoms with Crippen molar-refractivity contribution in [2.75, 3.05) is 51.1 Å². The summed E-state index contributed by atoms with van der Waals surface area (Å²) in [7, 11) is 0. The van der Waals surface area contributed by atoms with Crippen LogP contribution >= 0.6 is 0 Å². The minimum absolute atomic E-state index is 0.0695. The number of nitrogens with one attached hydrogen (secondary N) is 1. The molecule has 1 N–H and O–H groups in total. The quantitative estimate of drug-likeness (QED) is 0.621. The van der Waals surface area contributed by atoms with E-state index in [1.165, 1.54) is 13.3 Å². The van der Waals surface area contributed by atoms with E-state index in [0.29, 0.717) is 13.1 Å². The zero-order valence-corrected chi connectivity index (χ0v) is 20.5. The van der Waals surface area contributed by atoms with Crippen LogP contribution in [0, 0.1) is 0 Å². The van der Waals surface area contributed by atoms with Gasteiger partial charge >= 0.3 is 0 Å². The van der Waals surface area contributed by atoms with Crippen molar-refractivity contribution in [2.45, 2.75) is 40.2 Å². The van der Waals surface area contributed by atoms with Crippen molar-refractivity contribution in [1.29, 1.82) is 0 Å². The summed E-state index contributed by atoms with van der Waals surface area (Å²) in [6, 6.07) is 16.3. The van der Waals surface area contributed by atoms with Gasteiger partial charge in [-0.3, -0.25) is 14.5 Å². The molecule has 178 valence electrons. The molecule has 0 spiro atoms. The lowest BCUT2D eigenvalue weighted by Crippen LogP contribution is -2.47. The summed E-state index contributed by atoms with van der Waals surface area (Å²) in [5, 5.41) is 2.91. The van der Waals surface area contributed by atoms with Gasteiger partial charge in [0, 0.05) is 57.4 Å². The first-order chi connectivity index (χ1) is 16.0. The summed E-state index contributed by atoms with van der Waals surface area (Å²) >= 11 is 0. The third-order valence-corrected chi connectivity index (χ3v) is 6.36. The molecular weight excluding hydrogens is 412 g/mol. The minimum Gasteiger partial charge on any atom is -0.339 e. The lowest BCUT2D eigenvalue weighted by Gasteiger charge is -2.40. The molecule has 0 aliphatic carbocycles. The Morgan fingerprint density at radius 2 is 1.61 bits per heavy atom. The van der Waals surface area contributed by atoms with Crippen molar-refractivity contribution in [3.63, 3.8) is 0 Å². The second-order valence-corrected chi connectivity index (χ2v) is 8.69. The number of hydrogen-bond acceptors (Lipinski definition) is 4. The third kappa shape index (κ3) is 6.42. The highest BCUT2D eigenvalue weighted by Gasteiger charge is 2.27. The average molecular weight is 451 g/mol. The summed E-state index contributed by atoms with van der Waals surface area (Å²) in [6.07, 6.45) is 1.17. The molecule has 3 rings (SSSR count). The maximum atomic E-state index is 12.8. The van der Waals surface area contributed by atoms with Crippen molar-refractivity contribution in [3.8, 4) is 0 Å². The number of nitrogens with zero attached hydrogens (tertiary/aromatic N) is 3. The van der Waals surface area contributed by atoms with Crippen molar-refractivity contribution in [3.05, 3.63) is 65.2 Å². The van der Waals surface area contributed by atoms with Crippen molar-refractivity contribution in [2.24, 2.45) is 0 Å². The van der Waals surface area contributed by atoms with Crippen LogP contribution in [-0.2, 0) is 4.79 Å². The molecule has 0 aromatic heterocycles. The van der Waals surface area contributed by atoms with E-state index in [1.807, 2.05) is 43.0 Å². The Kier molecular flexibility index (Phi) is 9.03. The average Bonchev–Trinajstić information content (AvgIpc) is 2.81. The van der Waals surface area contributed by atoms with Gasteiger partial charge in [0.25, 0.3) is 5.91 Å². The van der Waals surface area contributed by atoms with E-state index >= 15 is 0 Å². The zero-order valence-electron chi connectivity index (χ0n) is 20.5. The Bertz CT molecular complexity index is 916. The van der Waals surface area contributed by atoms with Crippen LogP contribution in [0.4, 0.5) is 5.69 Å². The molecule has 0 unspecified atom stereocenters. The van der Waals surface area contributed by atoms with E-state index in [2.05, 4.69) is 46.3 Å². The van der Waals surface area contributed by atoms with E-state index in [0.717, 1.165) is 55.1 Å². The lowest BCUT2D eigenvalue weighted by atomic mass is 9.94. The number of anilines is 1. The first-order valence-electron chi connectivity index (χ1n) is 12.2. The van der Waals surface area contributed by atoms with Gasteiger partial charge in [0.1, 0.15) is 0 Å². The standard InChI is InChI=1S/C27H38N4O2/c1-5-15-29-16-18-31(19-17-29)26(24-9-8-10-25(20-24)28-21(4)32)22-11-13-23(14-12-22)27(33)30(6-2)7-3/h8-14,20,26H,5-7,15-19H2,1-4H3,(H,28,32)/t26-/m1/s1. The number of carbonyl (C=O) groups is 2. The molecule has 6 nitrogen and oxygen atoms in total. The monoisotopic (exact) mass is 450 g/mol. The molecule has 2 aromatic carbocycles. The second kappa shape index (κ2) is 12.0. The number of amides is 2. The van der Waals surface area contributed by atoms with E-state index in [1.54, 1.807) is 0 Å². The predicted octanol–water partition coefficient (Wildman–Crippen LogP) is 4.24. The fourth-order valence-corrected chi connectivity index (χ4v) is 4.67. The fourth-order valence-electron chi connectivity index (χ4n) is 4.67. The molecular formula is C27H38N4O2. The fraction of sp³-hybridized carbons (Fsp3) is 0.481. The molecule has 6 heteroatoms. The molecule has 2 aromatic rings. The van der Waals surface area contributed by atoms with Crippen molar-refractivity contribution >= 4 is 17.5 Å². The zero-order chi connectivity index (χ0) is 23.8. The molecule has 1 fully saturated rings. The third-order valence-electron chi connectivity index (χ3n) is 6.36. The maximum Gasteiger partial charge on any atom is 0.253 e. The van der Waals surface area contributed by atoms with Gasteiger partial charge in [-0.15, -0.1) is 0 Å². The number of rotatable bonds is 9. The summed E-state index contributed by atoms with van der Waals surface area (Å²) in [4.78, 5) is 31.3. The molecule has 1 saturated heterocycles. The van der Waals surface area contributed by atoms with Crippen molar-refractivity contribution < 1.29 is 9.59 Å². The largest absolute Gasteiger partial charge is 0.339 e. The smallest absolute Gasteiger partial charge is 0.253 e. The van der Waals surface area contributed by atoms with Gasteiger partial charge in [-0.25, -0.2) is 0 Å². The molecule has 1 heterocycles. The minimum atomic E-state index is -0.0730. The lowest BCUT2D eigenvalue weighted by molar-refractivity contribution is -0.114. The normalized spacial score (nSPS) is 15.8.